The number of nitrogens with one attached hydrogen (secondary N) is 1. The Bertz CT molecular complexity index is 1210. The van der Waals surface area contributed by atoms with Crippen molar-refractivity contribution in [2.24, 2.45) is 5.10 Å². The van der Waals surface area contributed by atoms with E-state index in [0.717, 1.165) is 19.9 Å². The fourth-order valence-corrected chi connectivity index (χ4v) is 4.67. The van der Waals surface area contributed by atoms with Crippen LogP contribution in [0.1, 0.15) is 11.1 Å². The maximum Gasteiger partial charge on any atom is 0.264 e. The third-order valence-corrected chi connectivity index (χ3v) is 6.79. The quantitative estimate of drug-likeness (QED) is 0.361. The van der Waals surface area contributed by atoms with Crippen molar-refractivity contribution >= 4 is 43.8 Å². The van der Waals surface area contributed by atoms with Gasteiger partial charge in [-0.15, -0.1) is 0 Å². The van der Waals surface area contributed by atoms with Crippen LogP contribution in [0.25, 0.3) is 0 Å². The van der Waals surface area contributed by atoms with Crippen LogP contribution in [0.4, 0.5) is 5.69 Å². The Hall–Kier alpha value is -3.17. The summed E-state index contributed by atoms with van der Waals surface area (Å²) in [5.41, 5.74) is 4.43. The number of rotatable bonds is 8. The largest absolute Gasteiger partial charge is 0.497 e. The molecule has 166 valence electrons. The van der Waals surface area contributed by atoms with Gasteiger partial charge in [0, 0.05) is 4.47 Å². The molecular weight excluding hydrogens is 494 g/mol. The van der Waals surface area contributed by atoms with Crippen LogP contribution in [0.3, 0.4) is 0 Å². The van der Waals surface area contributed by atoms with Gasteiger partial charge < -0.3 is 4.74 Å². The lowest BCUT2D eigenvalue weighted by atomic mass is 10.2. The zero-order valence-electron chi connectivity index (χ0n) is 17.5. The van der Waals surface area contributed by atoms with Gasteiger partial charge in [-0.3, -0.25) is 9.10 Å². The van der Waals surface area contributed by atoms with Crippen molar-refractivity contribution < 1.29 is 17.9 Å². The Morgan fingerprint density at radius 3 is 2.41 bits per heavy atom. The summed E-state index contributed by atoms with van der Waals surface area (Å²) in [6.45, 7) is 1.42. The number of hydrogen-bond donors (Lipinski definition) is 1. The van der Waals surface area contributed by atoms with Gasteiger partial charge in [0.2, 0.25) is 0 Å². The van der Waals surface area contributed by atoms with Crippen LogP contribution >= 0.6 is 15.9 Å². The summed E-state index contributed by atoms with van der Waals surface area (Å²) in [5.74, 6) is -0.00717. The third kappa shape index (κ3) is 5.95. The fraction of sp³-hybridized carbons (Fsp3) is 0.130. The normalized spacial score (nSPS) is 11.3. The second kappa shape index (κ2) is 10.4. The highest BCUT2D eigenvalue weighted by Gasteiger charge is 2.27. The molecule has 0 aliphatic carbocycles. The van der Waals surface area contributed by atoms with Gasteiger partial charge in [-0.05, 0) is 61.0 Å². The maximum absolute atomic E-state index is 13.3. The van der Waals surface area contributed by atoms with Gasteiger partial charge in [-0.1, -0.05) is 45.8 Å². The van der Waals surface area contributed by atoms with Crippen molar-refractivity contribution in [3.05, 3.63) is 88.4 Å². The van der Waals surface area contributed by atoms with Crippen LogP contribution in [0.5, 0.6) is 5.75 Å². The van der Waals surface area contributed by atoms with Crippen molar-refractivity contribution in [3.8, 4) is 5.75 Å². The Morgan fingerprint density at radius 2 is 1.78 bits per heavy atom. The Balaban J connectivity index is 1.84. The predicted molar refractivity (Wildman–Crippen MR) is 129 cm³/mol. The summed E-state index contributed by atoms with van der Waals surface area (Å²) in [7, 11) is -2.47. The lowest BCUT2D eigenvalue weighted by molar-refractivity contribution is -0.119. The summed E-state index contributed by atoms with van der Waals surface area (Å²) in [6.07, 6.45) is 1.48. The van der Waals surface area contributed by atoms with Crippen LogP contribution in [0.2, 0.25) is 0 Å². The number of sulfonamides is 1. The minimum absolute atomic E-state index is 0.0874. The number of aryl methyl sites for hydroxylation is 1. The van der Waals surface area contributed by atoms with Crippen molar-refractivity contribution in [1.29, 1.82) is 0 Å². The number of hydrazone groups is 1. The van der Waals surface area contributed by atoms with Crippen molar-refractivity contribution in [2.75, 3.05) is 18.0 Å². The Morgan fingerprint density at radius 1 is 1.09 bits per heavy atom. The molecular formula is C23H22BrN3O4S. The van der Waals surface area contributed by atoms with Crippen LogP contribution in [0.15, 0.2) is 87.3 Å². The van der Waals surface area contributed by atoms with E-state index in [1.165, 1.54) is 25.5 Å². The summed E-state index contributed by atoms with van der Waals surface area (Å²) in [4.78, 5) is 12.7. The lowest BCUT2D eigenvalue weighted by Crippen LogP contribution is -2.39. The average Bonchev–Trinajstić information content (AvgIpc) is 2.78. The zero-order chi connectivity index (χ0) is 23.1. The predicted octanol–water partition coefficient (Wildman–Crippen LogP) is 4.11. The van der Waals surface area contributed by atoms with Gasteiger partial charge in [0.25, 0.3) is 15.9 Å². The molecule has 0 unspecified atom stereocenters. The smallest absolute Gasteiger partial charge is 0.264 e. The van der Waals surface area contributed by atoms with Gasteiger partial charge >= 0.3 is 0 Å². The second-order valence-electron chi connectivity index (χ2n) is 6.87. The van der Waals surface area contributed by atoms with Crippen LogP contribution < -0.4 is 14.5 Å². The maximum atomic E-state index is 13.3. The summed E-state index contributed by atoms with van der Waals surface area (Å²) >= 11 is 3.37. The first-order chi connectivity index (χ1) is 15.3. The molecule has 0 aromatic heterocycles. The van der Waals surface area contributed by atoms with Crippen LogP contribution in [0, 0.1) is 6.92 Å². The molecule has 1 amide bonds. The first-order valence-corrected chi connectivity index (χ1v) is 11.8. The number of nitrogens with zero attached hydrogens (tertiary/aromatic N) is 2. The molecule has 0 atom stereocenters. The third-order valence-electron chi connectivity index (χ3n) is 4.51. The first-order valence-electron chi connectivity index (χ1n) is 9.60. The molecule has 0 saturated carbocycles. The van der Waals surface area contributed by atoms with E-state index in [0.29, 0.717) is 11.4 Å². The highest BCUT2D eigenvalue weighted by Crippen LogP contribution is 2.26. The van der Waals surface area contributed by atoms with E-state index in [9.17, 15) is 13.2 Å². The van der Waals surface area contributed by atoms with Crippen LogP contribution in [-0.4, -0.2) is 34.2 Å². The second-order valence-corrected chi connectivity index (χ2v) is 9.65. The standard InChI is InChI=1S/C23H22BrN3O4S/c1-17-6-12-22(13-7-17)32(29,30)27(20-8-10-21(31-2)11-9-20)16-23(28)26-25-15-18-4-3-5-19(24)14-18/h3-15H,16H2,1-2H3,(H,26,28)/b25-15-. The molecule has 32 heavy (non-hydrogen) atoms. The van der Waals surface area contributed by atoms with Gasteiger partial charge in [0.1, 0.15) is 12.3 Å². The summed E-state index contributed by atoms with van der Waals surface area (Å²) in [6, 6.07) is 20.3. The lowest BCUT2D eigenvalue weighted by Gasteiger charge is -2.24. The van der Waals surface area contributed by atoms with E-state index in [1.54, 1.807) is 36.4 Å². The number of anilines is 1. The number of benzene rings is 3. The molecule has 0 heterocycles. The SMILES string of the molecule is COc1ccc(N(CC(=O)N/N=C\c2cccc(Br)c2)S(=O)(=O)c2ccc(C)cc2)cc1. The van der Waals surface area contributed by atoms with E-state index < -0.39 is 22.5 Å². The summed E-state index contributed by atoms with van der Waals surface area (Å²) in [5, 5.41) is 3.94. The minimum Gasteiger partial charge on any atom is -0.497 e. The van der Waals surface area contributed by atoms with E-state index in [-0.39, 0.29) is 4.90 Å². The molecule has 0 radical (unpaired) electrons. The van der Waals surface area contributed by atoms with Gasteiger partial charge in [0.15, 0.2) is 0 Å². The number of carbonyl (C=O) groups is 1. The zero-order valence-corrected chi connectivity index (χ0v) is 19.9. The Labute approximate surface area is 195 Å². The fourth-order valence-electron chi connectivity index (χ4n) is 2.83. The molecule has 1 N–H and O–H groups in total. The molecule has 0 aliphatic heterocycles. The topological polar surface area (TPSA) is 88.1 Å². The molecule has 0 spiro atoms. The number of halogens is 1. The van der Waals surface area contributed by atoms with E-state index in [2.05, 4.69) is 26.5 Å². The molecule has 9 heteroatoms. The first kappa shape index (κ1) is 23.5. The Kier molecular flexibility index (Phi) is 7.66. The molecule has 3 rings (SSSR count). The molecule has 3 aromatic rings. The van der Waals surface area contributed by atoms with Gasteiger partial charge in [0.05, 0.1) is 23.9 Å². The average molecular weight is 516 g/mol. The van der Waals surface area contributed by atoms with Crippen LogP contribution in [-0.2, 0) is 14.8 Å². The van der Waals surface area contributed by atoms with E-state index >= 15 is 0 Å². The number of hydrogen-bond acceptors (Lipinski definition) is 5. The van der Waals surface area contributed by atoms with Crippen molar-refractivity contribution in [1.82, 2.24) is 5.43 Å². The molecule has 0 fully saturated rings. The van der Waals surface area contributed by atoms with E-state index in [4.69, 9.17) is 4.74 Å². The minimum atomic E-state index is -3.99. The van der Waals surface area contributed by atoms with Gasteiger partial charge in [-0.25, -0.2) is 13.8 Å². The highest BCUT2D eigenvalue weighted by molar-refractivity contribution is 9.10. The molecule has 0 bridgehead atoms. The van der Waals surface area contributed by atoms with Crippen molar-refractivity contribution in [2.45, 2.75) is 11.8 Å². The number of carbonyl (C=O) groups excluding carboxylic acids is 1. The highest BCUT2D eigenvalue weighted by atomic mass is 79.9. The molecule has 0 saturated heterocycles. The van der Waals surface area contributed by atoms with Gasteiger partial charge in [-0.2, -0.15) is 5.10 Å². The monoisotopic (exact) mass is 515 g/mol. The number of ether oxygens (including phenoxy) is 1. The molecule has 3 aromatic carbocycles. The molecule has 0 aliphatic rings. The van der Waals surface area contributed by atoms with Crippen molar-refractivity contribution in [3.63, 3.8) is 0 Å². The number of methoxy groups -OCH3 is 1. The number of amides is 1. The molecule has 7 nitrogen and oxygen atoms in total. The summed E-state index contributed by atoms with van der Waals surface area (Å²) < 4.78 is 33.7. The van der Waals surface area contributed by atoms with E-state index in [1.807, 2.05) is 31.2 Å².